The summed E-state index contributed by atoms with van der Waals surface area (Å²) in [6, 6.07) is 10.1. The first kappa shape index (κ1) is 21.7. The van der Waals surface area contributed by atoms with Gasteiger partial charge in [-0.05, 0) is 24.6 Å². The highest BCUT2D eigenvalue weighted by Gasteiger charge is 2.30. The molecule has 0 bridgehead atoms. The number of carbonyl (C=O) groups excluding carboxylic acids is 1. The SMILES string of the molecule is COc1cc(C)ccc1CN1CCO[C@H](c2c(C(=O)NCCO)sc3ncccc23)C1. The number of benzene rings is 1. The highest BCUT2D eigenvalue weighted by molar-refractivity contribution is 7.20. The fourth-order valence-electron chi connectivity index (χ4n) is 3.93. The molecule has 2 N–H and O–H groups in total. The van der Waals surface area contributed by atoms with Gasteiger partial charge >= 0.3 is 0 Å². The van der Waals surface area contributed by atoms with Crippen LogP contribution in [0, 0.1) is 6.92 Å². The van der Waals surface area contributed by atoms with E-state index in [4.69, 9.17) is 14.6 Å². The number of nitrogens with one attached hydrogen (secondary N) is 1. The van der Waals surface area contributed by atoms with Crippen molar-refractivity contribution in [1.82, 2.24) is 15.2 Å². The van der Waals surface area contributed by atoms with Gasteiger partial charge in [-0.3, -0.25) is 9.69 Å². The molecule has 1 atom stereocenters. The molecule has 8 heteroatoms. The number of thiophene rings is 1. The number of aliphatic hydroxyl groups excluding tert-OH is 1. The van der Waals surface area contributed by atoms with E-state index in [1.54, 1.807) is 13.3 Å². The van der Waals surface area contributed by atoms with Gasteiger partial charge in [0.05, 0.1) is 26.4 Å². The summed E-state index contributed by atoms with van der Waals surface area (Å²) in [6.45, 7) is 4.96. The van der Waals surface area contributed by atoms with E-state index < -0.39 is 0 Å². The van der Waals surface area contributed by atoms with Crippen molar-refractivity contribution < 1.29 is 19.4 Å². The average Bonchev–Trinajstić information content (AvgIpc) is 3.18. The van der Waals surface area contributed by atoms with Gasteiger partial charge in [-0.25, -0.2) is 4.98 Å². The number of morpholine rings is 1. The standard InChI is InChI=1S/C23H27N3O4S/c1-15-5-6-16(18(12-15)29-2)13-26-9-11-30-19(14-26)20-17-4-3-7-25-23(17)31-21(20)22(28)24-8-10-27/h3-7,12,19,27H,8-11,13-14H2,1-2H3,(H,24,28)/t19-/m0/s1. The summed E-state index contributed by atoms with van der Waals surface area (Å²) in [5, 5.41) is 12.8. The fraction of sp³-hybridized carbons (Fsp3) is 0.391. The molecule has 0 unspecified atom stereocenters. The smallest absolute Gasteiger partial charge is 0.261 e. The van der Waals surface area contributed by atoms with Crippen molar-refractivity contribution in [2.75, 3.05) is 40.0 Å². The predicted octanol–water partition coefficient (Wildman–Crippen LogP) is 2.91. The number of nitrogens with zero attached hydrogens (tertiary/aromatic N) is 2. The predicted molar refractivity (Wildman–Crippen MR) is 121 cm³/mol. The van der Waals surface area contributed by atoms with Gasteiger partial charge in [-0.15, -0.1) is 11.3 Å². The lowest BCUT2D eigenvalue weighted by Gasteiger charge is -2.33. The highest BCUT2D eigenvalue weighted by atomic mass is 32.1. The first-order valence-corrected chi connectivity index (χ1v) is 11.2. The van der Waals surface area contributed by atoms with Crippen LogP contribution in [0.25, 0.3) is 10.2 Å². The Bertz CT molecular complexity index is 1070. The summed E-state index contributed by atoms with van der Waals surface area (Å²) in [7, 11) is 1.70. The summed E-state index contributed by atoms with van der Waals surface area (Å²) in [6.07, 6.45) is 1.49. The molecule has 31 heavy (non-hydrogen) atoms. The second kappa shape index (κ2) is 9.74. The Morgan fingerprint density at radius 3 is 3.10 bits per heavy atom. The lowest BCUT2D eigenvalue weighted by molar-refractivity contribution is -0.0324. The zero-order chi connectivity index (χ0) is 21.8. The summed E-state index contributed by atoms with van der Waals surface area (Å²) in [4.78, 5) is 21.0. The van der Waals surface area contributed by atoms with E-state index in [-0.39, 0.29) is 25.2 Å². The van der Waals surface area contributed by atoms with Crippen LogP contribution < -0.4 is 10.1 Å². The molecule has 0 radical (unpaired) electrons. The number of aryl methyl sites for hydroxylation is 1. The topological polar surface area (TPSA) is 83.9 Å². The van der Waals surface area contributed by atoms with Gasteiger partial charge in [0.2, 0.25) is 0 Å². The molecule has 3 aromatic rings. The van der Waals surface area contributed by atoms with Crippen LogP contribution >= 0.6 is 11.3 Å². The minimum atomic E-state index is -0.238. The number of aliphatic hydroxyl groups is 1. The van der Waals surface area contributed by atoms with Crippen molar-refractivity contribution in [2.24, 2.45) is 0 Å². The Balaban J connectivity index is 1.61. The van der Waals surface area contributed by atoms with E-state index in [0.717, 1.165) is 45.7 Å². The zero-order valence-corrected chi connectivity index (χ0v) is 18.6. The van der Waals surface area contributed by atoms with Crippen molar-refractivity contribution >= 4 is 27.5 Å². The normalized spacial score (nSPS) is 17.1. The molecule has 0 spiro atoms. The largest absolute Gasteiger partial charge is 0.496 e. The van der Waals surface area contributed by atoms with E-state index in [0.29, 0.717) is 18.0 Å². The number of carbonyl (C=O) groups is 1. The number of hydrogen-bond donors (Lipinski definition) is 2. The number of methoxy groups -OCH3 is 1. The number of amides is 1. The van der Waals surface area contributed by atoms with Gasteiger partial charge in [-0.1, -0.05) is 18.2 Å². The maximum Gasteiger partial charge on any atom is 0.261 e. The number of hydrogen-bond acceptors (Lipinski definition) is 7. The van der Waals surface area contributed by atoms with Gasteiger partial charge in [0.15, 0.2) is 0 Å². The molecule has 0 aliphatic carbocycles. The summed E-state index contributed by atoms with van der Waals surface area (Å²) < 4.78 is 11.7. The quantitative estimate of drug-likeness (QED) is 0.587. The van der Waals surface area contributed by atoms with Gasteiger partial charge in [0, 0.05) is 48.9 Å². The number of fused-ring (bicyclic) bond motifs is 1. The Morgan fingerprint density at radius 2 is 2.29 bits per heavy atom. The molecule has 4 rings (SSSR count). The molecule has 0 saturated carbocycles. The van der Waals surface area contributed by atoms with E-state index >= 15 is 0 Å². The minimum absolute atomic E-state index is 0.101. The third-order valence-corrected chi connectivity index (χ3v) is 6.55. The van der Waals surface area contributed by atoms with Crippen molar-refractivity contribution in [2.45, 2.75) is 19.6 Å². The summed E-state index contributed by atoms with van der Waals surface area (Å²) >= 11 is 1.37. The summed E-state index contributed by atoms with van der Waals surface area (Å²) in [5.74, 6) is 0.685. The Hall–Kier alpha value is -2.52. The first-order chi connectivity index (χ1) is 15.1. The second-order valence-electron chi connectivity index (χ2n) is 7.59. The molecule has 1 aromatic carbocycles. The summed E-state index contributed by atoms with van der Waals surface area (Å²) in [5.41, 5.74) is 3.17. The van der Waals surface area contributed by atoms with Crippen molar-refractivity contribution in [3.05, 3.63) is 58.1 Å². The van der Waals surface area contributed by atoms with Gasteiger partial charge in [-0.2, -0.15) is 0 Å². The van der Waals surface area contributed by atoms with Crippen molar-refractivity contribution in [3.63, 3.8) is 0 Å². The monoisotopic (exact) mass is 441 g/mol. The molecule has 1 aliphatic rings. The Labute approximate surface area is 185 Å². The van der Waals surface area contributed by atoms with Crippen molar-refractivity contribution in [3.8, 4) is 5.75 Å². The van der Waals surface area contributed by atoms with Crippen LogP contribution in [0.1, 0.15) is 32.5 Å². The molecule has 2 aromatic heterocycles. The lowest BCUT2D eigenvalue weighted by atomic mass is 10.0. The van der Waals surface area contributed by atoms with Crippen LogP contribution in [0.4, 0.5) is 0 Å². The Morgan fingerprint density at radius 1 is 1.42 bits per heavy atom. The minimum Gasteiger partial charge on any atom is -0.496 e. The van der Waals surface area contributed by atoms with Crippen LogP contribution in [0.2, 0.25) is 0 Å². The third kappa shape index (κ3) is 4.72. The van der Waals surface area contributed by atoms with Crippen LogP contribution in [-0.2, 0) is 11.3 Å². The maximum atomic E-state index is 12.8. The van der Waals surface area contributed by atoms with E-state index in [1.165, 1.54) is 11.3 Å². The van der Waals surface area contributed by atoms with Gasteiger partial charge < -0.3 is 19.9 Å². The Kier molecular flexibility index (Phi) is 6.82. The number of rotatable bonds is 7. The van der Waals surface area contributed by atoms with Gasteiger partial charge in [0.25, 0.3) is 5.91 Å². The number of aromatic nitrogens is 1. The van der Waals surface area contributed by atoms with Crippen LogP contribution in [0.3, 0.4) is 0 Å². The van der Waals surface area contributed by atoms with Crippen molar-refractivity contribution in [1.29, 1.82) is 0 Å². The third-order valence-electron chi connectivity index (χ3n) is 5.42. The first-order valence-electron chi connectivity index (χ1n) is 10.3. The molecular formula is C23H27N3O4S. The molecule has 7 nitrogen and oxygen atoms in total. The van der Waals surface area contributed by atoms with Crippen LogP contribution in [0.5, 0.6) is 5.75 Å². The molecule has 1 fully saturated rings. The van der Waals surface area contributed by atoms with Crippen LogP contribution in [0.15, 0.2) is 36.5 Å². The highest BCUT2D eigenvalue weighted by Crippen LogP contribution is 2.37. The maximum absolute atomic E-state index is 12.8. The molecule has 1 amide bonds. The van der Waals surface area contributed by atoms with E-state index in [2.05, 4.69) is 40.3 Å². The molecular weight excluding hydrogens is 414 g/mol. The van der Waals surface area contributed by atoms with E-state index in [1.807, 2.05) is 12.1 Å². The average molecular weight is 442 g/mol. The van der Waals surface area contributed by atoms with E-state index in [9.17, 15) is 4.79 Å². The number of pyridine rings is 1. The van der Waals surface area contributed by atoms with Crippen LogP contribution in [-0.4, -0.2) is 60.9 Å². The molecule has 1 saturated heterocycles. The van der Waals surface area contributed by atoms with Gasteiger partial charge in [0.1, 0.15) is 15.5 Å². The second-order valence-corrected chi connectivity index (χ2v) is 8.59. The fourth-order valence-corrected chi connectivity index (χ4v) is 5.04. The molecule has 1 aliphatic heterocycles. The number of ether oxygens (including phenoxy) is 2. The zero-order valence-electron chi connectivity index (χ0n) is 17.8. The molecule has 3 heterocycles. The lowest BCUT2D eigenvalue weighted by Crippen LogP contribution is -2.38. The molecule has 164 valence electrons.